The summed E-state index contributed by atoms with van der Waals surface area (Å²) in [4.78, 5) is 42.4. The second kappa shape index (κ2) is 10.0. The van der Waals surface area contributed by atoms with Crippen molar-refractivity contribution in [2.75, 3.05) is 0 Å². The van der Waals surface area contributed by atoms with Crippen molar-refractivity contribution in [3.05, 3.63) is 87.6 Å². The minimum Gasteiger partial charge on any atom is -0.352 e. The van der Waals surface area contributed by atoms with E-state index in [2.05, 4.69) is 10.3 Å². The maximum Gasteiger partial charge on any atom is 0.221 e. The molecule has 2 unspecified atom stereocenters. The number of rotatable bonds is 6. The van der Waals surface area contributed by atoms with Crippen molar-refractivity contribution in [1.29, 1.82) is 0 Å². The molecule has 3 aromatic rings. The minimum absolute atomic E-state index is 0.0110. The highest BCUT2D eigenvalue weighted by molar-refractivity contribution is 6.30. The van der Waals surface area contributed by atoms with Crippen LogP contribution in [0.3, 0.4) is 0 Å². The standard InChI is InChI=1S/C27H23ClF2N2O3/c1-14-6-17(26-21(30)11-20(29)13-32-26)7-15(2)24(14)25-22(33)9-18(27(25)35)10-23(34)31-12-16-4-3-5-19(28)8-16/h3-8,11,13,18,25H,9-10,12H2,1-2H3,(H,31,34). The van der Waals surface area contributed by atoms with E-state index >= 15 is 0 Å². The lowest BCUT2D eigenvalue weighted by molar-refractivity contribution is -0.128. The van der Waals surface area contributed by atoms with Crippen LogP contribution in [0.15, 0.2) is 48.7 Å². The lowest BCUT2D eigenvalue weighted by Gasteiger charge is -2.17. The van der Waals surface area contributed by atoms with Gasteiger partial charge in [0.15, 0.2) is 11.6 Å². The molecular weight excluding hydrogens is 474 g/mol. The lowest BCUT2D eigenvalue weighted by Crippen LogP contribution is -2.27. The quantitative estimate of drug-likeness (QED) is 0.473. The third kappa shape index (κ3) is 5.30. The van der Waals surface area contributed by atoms with Crippen molar-refractivity contribution in [2.45, 2.75) is 39.2 Å². The Morgan fingerprint density at radius 3 is 2.49 bits per heavy atom. The fourth-order valence-electron chi connectivity index (χ4n) is 4.67. The van der Waals surface area contributed by atoms with E-state index in [9.17, 15) is 23.2 Å². The molecule has 1 fully saturated rings. The summed E-state index contributed by atoms with van der Waals surface area (Å²) in [5.41, 5.74) is 3.06. The van der Waals surface area contributed by atoms with Crippen LogP contribution in [0, 0.1) is 31.4 Å². The summed E-state index contributed by atoms with van der Waals surface area (Å²) >= 11 is 5.96. The Bertz CT molecular complexity index is 1320. The molecule has 2 aromatic carbocycles. The minimum atomic E-state index is -0.971. The molecule has 0 spiro atoms. The van der Waals surface area contributed by atoms with Crippen LogP contribution >= 0.6 is 11.6 Å². The highest BCUT2D eigenvalue weighted by Crippen LogP contribution is 2.38. The van der Waals surface area contributed by atoms with Crippen LogP contribution < -0.4 is 5.32 Å². The van der Waals surface area contributed by atoms with Crippen LogP contribution in [0.1, 0.15) is 41.0 Å². The number of ketones is 2. The van der Waals surface area contributed by atoms with Gasteiger partial charge in [-0.1, -0.05) is 23.7 Å². The third-order valence-corrected chi connectivity index (χ3v) is 6.47. The van der Waals surface area contributed by atoms with Crippen LogP contribution in [0.5, 0.6) is 0 Å². The number of carbonyl (C=O) groups is 3. The van der Waals surface area contributed by atoms with Gasteiger partial charge in [0.25, 0.3) is 0 Å². The van der Waals surface area contributed by atoms with E-state index in [-0.39, 0.29) is 42.6 Å². The number of hydrogen-bond acceptors (Lipinski definition) is 4. The Morgan fingerprint density at radius 2 is 1.83 bits per heavy atom. The number of Topliss-reactive ketones (excluding diaryl/α,β-unsaturated/α-hetero) is 2. The van der Waals surface area contributed by atoms with Gasteiger partial charge in [-0.25, -0.2) is 8.78 Å². The molecule has 8 heteroatoms. The van der Waals surface area contributed by atoms with Gasteiger partial charge in [0.1, 0.15) is 23.2 Å². The first-order chi connectivity index (χ1) is 16.6. The van der Waals surface area contributed by atoms with Gasteiger partial charge in [0, 0.05) is 42.0 Å². The molecule has 1 N–H and O–H groups in total. The summed E-state index contributed by atoms with van der Waals surface area (Å²) in [7, 11) is 0. The molecule has 0 saturated heterocycles. The summed E-state index contributed by atoms with van der Waals surface area (Å²) < 4.78 is 27.5. The van der Waals surface area contributed by atoms with Gasteiger partial charge in [-0.3, -0.25) is 19.4 Å². The number of aryl methyl sites for hydroxylation is 2. The molecule has 35 heavy (non-hydrogen) atoms. The van der Waals surface area contributed by atoms with E-state index in [0.29, 0.717) is 27.3 Å². The molecule has 1 aromatic heterocycles. The predicted molar refractivity (Wildman–Crippen MR) is 128 cm³/mol. The number of carbonyl (C=O) groups excluding carboxylic acids is 3. The lowest BCUT2D eigenvalue weighted by atomic mass is 9.85. The fraction of sp³-hybridized carbons (Fsp3) is 0.259. The van der Waals surface area contributed by atoms with Gasteiger partial charge in [-0.15, -0.1) is 0 Å². The molecule has 1 saturated carbocycles. The van der Waals surface area contributed by atoms with Crippen molar-refractivity contribution in [1.82, 2.24) is 10.3 Å². The first kappa shape index (κ1) is 24.7. The maximum absolute atomic E-state index is 14.2. The number of benzene rings is 2. The third-order valence-electron chi connectivity index (χ3n) is 6.23. The molecule has 0 radical (unpaired) electrons. The van der Waals surface area contributed by atoms with Crippen molar-refractivity contribution >= 4 is 29.1 Å². The summed E-state index contributed by atoms with van der Waals surface area (Å²) in [6, 6.07) is 11.1. The second-order valence-corrected chi connectivity index (χ2v) is 9.26. The van der Waals surface area contributed by atoms with Gasteiger partial charge < -0.3 is 5.32 Å². The van der Waals surface area contributed by atoms with Crippen molar-refractivity contribution < 1.29 is 23.2 Å². The predicted octanol–water partition coefficient (Wildman–Crippen LogP) is 5.25. The normalized spacial score (nSPS) is 17.6. The van der Waals surface area contributed by atoms with Gasteiger partial charge >= 0.3 is 0 Å². The molecule has 0 bridgehead atoms. The number of halogens is 3. The highest BCUT2D eigenvalue weighted by Gasteiger charge is 2.43. The van der Waals surface area contributed by atoms with Crippen LogP contribution in [-0.4, -0.2) is 22.5 Å². The van der Waals surface area contributed by atoms with Gasteiger partial charge in [0.2, 0.25) is 5.91 Å². The van der Waals surface area contributed by atoms with Crippen LogP contribution in [-0.2, 0) is 20.9 Å². The molecule has 1 amide bonds. The Hall–Kier alpha value is -3.45. The number of aromatic nitrogens is 1. The summed E-state index contributed by atoms with van der Waals surface area (Å²) in [5.74, 6) is -4.11. The number of nitrogens with zero attached hydrogens (tertiary/aromatic N) is 1. The number of nitrogens with one attached hydrogen (secondary N) is 1. The monoisotopic (exact) mass is 496 g/mol. The highest BCUT2D eigenvalue weighted by atomic mass is 35.5. The molecule has 2 atom stereocenters. The molecule has 5 nitrogen and oxygen atoms in total. The van der Waals surface area contributed by atoms with E-state index in [4.69, 9.17) is 11.6 Å². The SMILES string of the molecule is Cc1cc(-c2ncc(F)cc2F)cc(C)c1C1C(=O)CC(CC(=O)NCc2cccc(Cl)c2)C1=O. The van der Waals surface area contributed by atoms with Crippen LogP contribution in [0.4, 0.5) is 8.78 Å². The topological polar surface area (TPSA) is 76.1 Å². The van der Waals surface area contributed by atoms with Crippen molar-refractivity contribution in [3.63, 3.8) is 0 Å². The zero-order valence-electron chi connectivity index (χ0n) is 19.2. The molecule has 1 aliphatic carbocycles. The Balaban J connectivity index is 1.50. The van der Waals surface area contributed by atoms with Crippen molar-refractivity contribution in [3.8, 4) is 11.3 Å². The van der Waals surface area contributed by atoms with Gasteiger partial charge in [-0.2, -0.15) is 0 Å². The second-order valence-electron chi connectivity index (χ2n) is 8.82. The molecular formula is C27H23ClF2N2O3. The first-order valence-electron chi connectivity index (χ1n) is 11.1. The summed E-state index contributed by atoms with van der Waals surface area (Å²) in [5, 5.41) is 3.33. The molecule has 0 aliphatic heterocycles. The van der Waals surface area contributed by atoms with Crippen LogP contribution in [0.25, 0.3) is 11.3 Å². The van der Waals surface area contributed by atoms with Gasteiger partial charge in [0.05, 0.1) is 6.20 Å². The first-order valence-corrected chi connectivity index (χ1v) is 11.5. The van der Waals surface area contributed by atoms with Gasteiger partial charge in [-0.05, 0) is 60.4 Å². The molecule has 1 heterocycles. The summed E-state index contributed by atoms with van der Waals surface area (Å²) in [6.07, 6.45) is 0.842. The Labute approximate surface area is 206 Å². The average molecular weight is 497 g/mol. The number of hydrogen-bond donors (Lipinski definition) is 1. The van der Waals surface area contributed by atoms with E-state index in [1.165, 1.54) is 0 Å². The van der Waals surface area contributed by atoms with E-state index < -0.39 is 23.5 Å². The fourth-order valence-corrected chi connectivity index (χ4v) is 4.88. The molecule has 180 valence electrons. The van der Waals surface area contributed by atoms with Crippen molar-refractivity contribution in [2.24, 2.45) is 5.92 Å². The van der Waals surface area contributed by atoms with E-state index in [1.54, 1.807) is 44.2 Å². The smallest absolute Gasteiger partial charge is 0.221 e. The van der Waals surface area contributed by atoms with E-state index in [0.717, 1.165) is 17.8 Å². The molecule has 1 aliphatic rings. The number of pyridine rings is 1. The average Bonchev–Trinajstić information content (AvgIpc) is 3.05. The van der Waals surface area contributed by atoms with Crippen LogP contribution in [0.2, 0.25) is 5.02 Å². The maximum atomic E-state index is 14.2. The Morgan fingerprint density at radius 1 is 1.11 bits per heavy atom. The van der Waals surface area contributed by atoms with E-state index in [1.807, 2.05) is 6.07 Å². The number of amides is 1. The largest absolute Gasteiger partial charge is 0.352 e. The molecule has 4 rings (SSSR count). The Kier molecular flexibility index (Phi) is 7.08. The zero-order chi connectivity index (χ0) is 25.3. The summed E-state index contributed by atoms with van der Waals surface area (Å²) in [6.45, 7) is 3.74. The zero-order valence-corrected chi connectivity index (χ0v) is 20.0.